The van der Waals surface area contributed by atoms with Gasteiger partial charge >= 0.3 is 0 Å². The second-order valence-corrected chi connectivity index (χ2v) is 6.56. The SMILES string of the molecule is COc1ccc(S(=O)(=O)N[C@H](C)c2ccncc2)cc1C(N)=O. The Morgan fingerprint density at radius 3 is 2.48 bits per heavy atom. The molecule has 7 nitrogen and oxygen atoms in total. The predicted molar refractivity (Wildman–Crippen MR) is 84.5 cm³/mol. The van der Waals surface area contributed by atoms with Gasteiger partial charge in [0.05, 0.1) is 17.6 Å². The number of ether oxygens (including phenoxy) is 1. The molecule has 8 heteroatoms. The van der Waals surface area contributed by atoms with Gasteiger partial charge in [-0.15, -0.1) is 0 Å². The molecule has 0 saturated carbocycles. The number of methoxy groups -OCH3 is 1. The first-order chi connectivity index (χ1) is 10.8. The summed E-state index contributed by atoms with van der Waals surface area (Å²) in [5.41, 5.74) is 6.03. The maximum absolute atomic E-state index is 12.5. The third-order valence-electron chi connectivity index (χ3n) is 3.28. The van der Waals surface area contributed by atoms with Gasteiger partial charge in [0.2, 0.25) is 10.0 Å². The molecule has 0 saturated heterocycles. The van der Waals surface area contributed by atoms with Crippen molar-refractivity contribution in [2.75, 3.05) is 7.11 Å². The van der Waals surface area contributed by atoms with Crippen molar-refractivity contribution in [3.63, 3.8) is 0 Å². The second kappa shape index (κ2) is 6.76. The molecular weight excluding hydrogens is 318 g/mol. The molecule has 1 atom stereocenters. The average molecular weight is 335 g/mol. The maximum Gasteiger partial charge on any atom is 0.252 e. The maximum atomic E-state index is 12.5. The van der Waals surface area contributed by atoms with Crippen LogP contribution in [0.1, 0.15) is 28.9 Å². The van der Waals surface area contributed by atoms with Crippen molar-refractivity contribution in [2.24, 2.45) is 5.73 Å². The number of hydrogen-bond acceptors (Lipinski definition) is 5. The van der Waals surface area contributed by atoms with E-state index in [-0.39, 0.29) is 16.2 Å². The summed E-state index contributed by atoms with van der Waals surface area (Å²) in [5.74, 6) is -0.542. The molecule has 1 heterocycles. The lowest BCUT2D eigenvalue weighted by atomic mass is 10.1. The third-order valence-corrected chi connectivity index (χ3v) is 4.82. The van der Waals surface area contributed by atoms with Gasteiger partial charge in [-0.3, -0.25) is 9.78 Å². The second-order valence-electron chi connectivity index (χ2n) is 4.85. The predicted octanol–water partition coefficient (Wildman–Crippen LogP) is 1.23. The summed E-state index contributed by atoms with van der Waals surface area (Å²) in [7, 11) is -2.45. The molecule has 0 aliphatic rings. The van der Waals surface area contributed by atoms with Gasteiger partial charge in [-0.2, -0.15) is 0 Å². The monoisotopic (exact) mass is 335 g/mol. The van der Waals surface area contributed by atoms with E-state index < -0.39 is 22.0 Å². The molecule has 2 aromatic rings. The summed E-state index contributed by atoms with van der Waals surface area (Å²) in [5, 5.41) is 0. The van der Waals surface area contributed by atoms with Gasteiger partial charge in [-0.1, -0.05) is 0 Å². The molecule has 1 amide bonds. The summed E-state index contributed by atoms with van der Waals surface area (Å²) in [4.78, 5) is 15.3. The highest BCUT2D eigenvalue weighted by molar-refractivity contribution is 7.89. The summed E-state index contributed by atoms with van der Waals surface area (Å²) < 4.78 is 32.5. The van der Waals surface area contributed by atoms with E-state index in [1.807, 2.05) is 0 Å². The van der Waals surface area contributed by atoms with Crippen molar-refractivity contribution in [3.05, 3.63) is 53.9 Å². The zero-order valence-electron chi connectivity index (χ0n) is 12.7. The van der Waals surface area contributed by atoms with E-state index >= 15 is 0 Å². The minimum Gasteiger partial charge on any atom is -0.496 e. The number of nitrogens with one attached hydrogen (secondary N) is 1. The smallest absolute Gasteiger partial charge is 0.252 e. The highest BCUT2D eigenvalue weighted by Gasteiger charge is 2.21. The molecule has 1 aromatic heterocycles. The van der Waals surface area contributed by atoms with E-state index in [2.05, 4.69) is 9.71 Å². The van der Waals surface area contributed by atoms with Crippen molar-refractivity contribution in [2.45, 2.75) is 17.9 Å². The minimum absolute atomic E-state index is 0.00643. The van der Waals surface area contributed by atoms with Crippen LogP contribution in [0.4, 0.5) is 0 Å². The summed E-state index contributed by atoms with van der Waals surface area (Å²) in [6.07, 6.45) is 3.16. The minimum atomic E-state index is -3.82. The lowest BCUT2D eigenvalue weighted by molar-refractivity contribution is 0.0997. The van der Waals surface area contributed by atoms with Crippen LogP contribution in [0.2, 0.25) is 0 Å². The quantitative estimate of drug-likeness (QED) is 0.824. The first kappa shape index (κ1) is 16.9. The van der Waals surface area contributed by atoms with E-state index in [1.165, 1.54) is 25.3 Å². The molecule has 2 rings (SSSR count). The van der Waals surface area contributed by atoms with Crippen LogP contribution >= 0.6 is 0 Å². The van der Waals surface area contributed by atoms with Crippen LogP contribution in [0.15, 0.2) is 47.6 Å². The van der Waals surface area contributed by atoms with Gasteiger partial charge in [-0.25, -0.2) is 13.1 Å². The van der Waals surface area contributed by atoms with Gasteiger partial charge in [0.15, 0.2) is 0 Å². The number of aromatic nitrogens is 1. The molecule has 0 radical (unpaired) electrons. The Morgan fingerprint density at radius 2 is 1.91 bits per heavy atom. The van der Waals surface area contributed by atoms with Crippen molar-refractivity contribution >= 4 is 15.9 Å². The number of nitrogens with two attached hydrogens (primary N) is 1. The van der Waals surface area contributed by atoms with Gasteiger partial charge < -0.3 is 10.5 Å². The number of carbonyl (C=O) groups is 1. The van der Waals surface area contributed by atoms with Gasteiger partial charge in [-0.05, 0) is 42.8 Å². The van der Waals surface area contributed by atoms with Crippen LogP contribution in [-0.4, -0.2) is 26.4 Å². The number of carbonyl (C=O) groups excluding carboxylic acids is 1. The molecule has 0 unspecified atom stereocenters. The molecule has 0 spiro atoms. The van der Waals surface area contributed by atoms with E-state index in [0.717, 1.165) is 5.56 Å². The number of primary amides is 1. The Kier molecular flexibility index (Phi) is 4.97. The van der Waals surface area contributed by atoms with Crippen LogP contribution in [-0.2, 0) is 10.0 Å². The first-order valence-corrected chi connectivity index (χ1v) is 8.23. The van der Waals surface area contributed by atoms with Crippen molar-refractivity contribution in [1.82, 2.24) is 9.71 Å². The fraction of sp³-hybridized carbons (Fsp3) is 0.200. The normalized spacial score (nSPS) is 12.6. The number of rotatable bonds is 6. The van der Waals surface area contributed by atoms with Crippen molar-refractivity contribution in [1.29, 1.82) is 0 Å². The fourth-order valence-corrected chi connectivity index (χ4v) is 3.33. The summed E-state index contributed by atoms with van der Waals surface area (Å²) in [6.45, 7) is 1.71. The van der Waals surface area contributed by atoms with E-state index in [1.54, 1.807) is 31.5 Å². The molecule has 23 heavy (non-hydrogen) atoms. The van der Waals surface area contributed by atoms with Crippen LogP contribution in [0.25, 0.3) is 0 Å². The van der Waals surface area contributed by atoms with Gasteiger partial charge in [0, 0.05) is 18.4 Å². The number of pyridine rings is 1. The van der Waals surface area contributed by atoms with Crippen LogP contribution < -0.4 is 15.2 Å². The van der Waals surface area contributed by atoms with Crippen LogP contribution in [0.5, 0.6) is 5.75 Å². The summed E-state index contributed by atoms with van der Waals surface area (Å²) in [6, 6.07) is 6.93. The Hall–Kier alpha value is -2.45. The van der Waals surface area contributed by atoms with Gasteiger partial charge in [0.25, 0.3) is 5.91 Å². The lowest BCUT2D eigenvalue weighted by Crippen LogP contribution is -2.27. The highest BCUT2D eigenvalue weighted by atomic mass is 32.2. The fourth-order valence-electron chi connectivity index (χ4n) is 2.07. The summed E-state index contributed by atoms with van der Waals surface area (Å²) >= 11 is 0. The molecule has 122 valence electrons. The highest BCUT2D eigenvalue weighted by Crippen LogP contribution is 2.23. The van der Waals surface area contributed by atoms with Crippen LogP contribution in [0.3, 0.4) is 0 Å². The zero-order valence-corrected chi connectivity index (χ0v) is 13.5. The Morgan fingerprint density at radius 1 is 1.26 bits per heavy atom. The molecule has 0 aliphatic heterocycles. The number of sulfonamides is 1. The average Bonchev–Trinajstić information content (AvgIpc) is 2.54. The molecular formula is C15H17N3O4S. The van der Waals surface area contributed by atoms with Crippen LogP contribution in [0, 0.1) is 0 Å². The van der Waals surface area contributed by atoms with Crippen molar-refractivity contribution in [3.8, 4) is 5.75 Å². The topological polar surface area (TPSA) is 111 Å². The van der Waals surface area contributed by atoms with E-state index in [9.17, 15) is 13.2 Å². The molecule has 1 aromatic carbocycles. The van der Waals surface area contributed by atoms with E-state index in [4.69, 9.17) is 10.5 Å². The number of nitrogens with zero attached hydrogens (tertiary/aromatic N) is 1. The standard InChI is InChI=1S/C15H17N3O4S/c1-10(11-5-7-17-8-6-11)18-23(20,21)12-3-4-14(22-2)13(9-12)15(16)19/h3-10,18H,1-2H3,(H2,16,19)/t10-/m1/s1. The number of amides is 1. The molecule has 3 N–H and O–H groups in total. The van der Waals surface area contributed by atoms with E-state index in [0.29, 0.717) is 0 Å². The first-order valence-electron chi connectivity index (χ1n) is 6.75. The largest absolute Gasteiger partial charge is 0.496 e. The molecule has 0 fully saturated rings. The number of benzene rings is 1. The lowest BCUT2D eigenvalue weighted by Gasteiger charge is -2.15. The molecule has 0 bridgehead atoms. The Balaban J connectivity index is 2.33. The Labute approximate surface area is 134 Å². The van der Waals surface area contributed by atoms with Crippen molar-refractivity contribution < 1.29 is 17.9 Å². The third kappa shape index (κ3) is 3.85. The zero-order chi connectivity index (χ0) is 17.0. The Bertz CT molecular complexity index is 807. The molecule has 0 aliphatic carbocycles. The van der Waals surface area contributed by atoms with Gasteiger partial charge in [0.1, 0.15) is 5.75 Å². The number of hydrogen-bond donors (Lipinski definition) is 2.